The highest BCUT2D eigenvalue weighted by molar-refractivity contribution is 8.13. The first-order chi connectivity index (χ1) is 9.52. The highest BCUT2D eigenvalue weighted by atomic mass is 32.2. The first kappa shape index (κ1) is 15.1. The van der Waals surface area contributed by atoms with Gasteiger partial charge in [0.05, 0.1) is 6.20 Å². The van der Waals surface area contributed by atoms with Gasteiger partial charge in [-0.2, -0.15) is 5.10 Å². The molecule has 1 unspecified atom stereocenters. The van der Waals surface area contributed by atoms with Crippen LogP contribution >= 0.6 is 11.8 Å². The van der Waals surface area contributed by atoms with Crippen LogP contribution in [0.2, 0.25) is 0 Å². The van der Waals surface area contributed by atoms with Gasteiger partial charge in [-0.3, -0.25) is 14.5 Å². The summed E-state index contributed by atoms with van der Waals surface area (Å²) in [6.45, 7) is 7.16. The Balaban J connectivity index is 2.11. The van der Waals surface area contributed by atoms with E-state index in [2.05, 4.69) is 12.0 Å². The van der Waals surface area contributed by atoms with Crippen LogP contribution in [0.25, 0.3) is 0 Å². The highest BCUT2D eigenvalue weighted by Gasteiger charge is 2.33. The maximum Gasteiger partial charge on any atom is 0.228 e. The van der Waals surface area contributed by atoms with Crippen LogP contribution in [0.1, 0.15) is 32.3 Å². The average Bonchev–Trinajstić information content (AvgIpc) is 2.91. The summed E-state index contributed by atoms with van der Waals surface area (Å²) in [4.78, 5) is 25.1. The molecule has 0 aliphatic carbocycles. The van der Waals surface area contributed by atoms with Gasteiger partial charge in [0.15, 0.2) is 5.12 Å². The molecule has 1 aromatic rings. The molecule has 1 saturated heterocycles. The predicted octanol–water partition coefficient (Wildman–Crippen LogP) is 2.23. The van der Waals surface area contributed by atoms with Gasteiger partial charge < -0.3 is 0 Å². The zero-order chi connectivity index (χ0) is 14.7. The van der Waals surface area contributed by atoms with Gasteiger partial charge in [0.2, 0.25) is 5.91 Å². The largest absolute Gasteiger partial charge is 0.296 e. The molecule has 0 aromatic carbocycles. The molecular formula is C14H21N3O2S. The van der Waals surface area contributed by atoms with Gasteiger partial charge in [-0.05, 0) is 19.3 Å². The van der Waals surface area contributed by atoms with Gasteiger partial charge in [0.1, 0.15) is 5.82 Å². The average molecular weight is 295 g/mol. The number of carbonyl (C=O) groups is 2. The minimum atomic E-state index is 0.114. The maximum absolute atomic E-state index is 12.2. The summed E-state index contributed by atoms with van der Waals surface area (Å²) in [5.41, 5.74) is 1.03. The monoisotopic (exact) mass is 295 g/mol. The normalized spacial score (nSPS) is 18.9. The number of anilines is 1. The van der Waals surface area contributed by atoms with Crippen molar-refractivity contribution in [2.24, 2.45) is 5.92 Å². The number of thioether (sulfide) groups is 1. The second kappa shape index (κ2) is 6.43. The summed E-state index contributed by atoms with van der Waals surface area (Å²) in [6, 6.07) is 0. The van der Waals surface area contributed by atoms with Crippen molar-refractivity contribution in [3.05, 3.63) is 11.8 Å². The molecule has 1 atom stereocenters. The van der Waals surface area contributed by atoms with Crippen LogP contribution in [0.3, 0.4) is 0 Å². The molecule has 0 N–H and O–H groups in total. The summed E-state index contributed by atoms with van der Waals surface area (Å²) < 4.78 is 1.91. The Hall–Kier alpha value is -1.30. The number of nitrogens with zero attached hydrogens (tertiary/aromatic N) is 3. The maximum atomic E-state index is 12.2. The summed E-state index contributed by atoms with van der Waals surface area (Å²) in [5, 5.41) is 4.46. The quantitative estimate of drug-likeness (QED) is 0.836. The molecule has 0 bridgehead atoms. The van der Waals surface area contributed by atoms with E-state index in [1.807, 2.05) is 22.7 Å². The number of hydrogen-bond donors (Lipinski definition) is 0. The molecule has 1 aliphatic heterocycles. The predicted molar refractivity (Wildman–Crippen MR) is 80.9 cm³/mol. The third-order valence-corrected chi connectivity index (χ3v) is 4.45. The molecule has 2 rings (SSSR count). The molecule has 1 aliphatic rings. The highest BCUT2D eigenvalue weighted by Crippen LogP contribution is 2.29. The van der Waals surface area contributed by atoms with E-state index in [1.54, 1.807) is 6.92 Å². The van der Waals surface area contributed by atoms with Gasteiger partial charge in [0, 0.05) is 37.8 Å². The molecule has 20 heavy (non-hydrogen) atoms. The fourth-order valence-electron chi connectivity index (χ4n) is 2.53. The third kappa shape index (κ3) is 3.23. The van der Waals surface area contributed by atoms with Gasteiger partial charge in [-0.15, -0.1) is 0 Å². The lowest BCUT2D eigenvalue weighted by atomic mass is 10.1. The number of aryl methyl sites for hydroxylation is 2. The standard InChI is InChI=1S/C14H21N3O2S/c1-4-5-17-14(10(2)7-15-17)16-8-12(6-13(16)19)9-20-11(3)18/h7,12H,4-6,8-9H2,1-3H3. The molecular weight excluding hydrogens is 274 g/mol. The molecule has 1 fully saturated rings. The van der Waals surface area contributed by atoms with Crippen molar-refractivity contribution in [3.8, 4) is 0 Å². The molecule has 2 heterocycles. The van der Waals surface area contributed by atoms with Crippen LogP contribution in [-0.4, -0.2) is 33.1 Å². The first-order valence-electron chi connectivity index (χ1n) is 6.99. The Bertz CT molecular complexity index is 513. The number of hydrogen-bond acceptors (Lipinski definition) is 4. The van der Waals surface area contributed by atoms with Crippen LogP contribution in [0, 0.1) is 12.8 Å². The van der Waals surface area contributed by atoms with Gasteiger partial charge in [-0.1, -0.05) is 18.7 Å². The van der Waals surface area contributed by atoms with E-state index in [9.17, 15) is 9.59 Å². The van der Waals surface area contributed by atoms with E-state index in [4.69, 9.17) is 0 Å². The molecule has 110 valence electrons. The minimum Gasteiger partial charge on any atom is -0.296 e. The van der Waals surface area contributed by atoms with E-state index in [0.29, 0.717) is 13.0 Å². The Labute approximate surface area is 123 Å². The third-order valence-electron chi connectivity index (χ3n) is 3.41. The summed E-state index contributed by atoms with van der Waals surface area (Å²) in [7, 11) is 0. The van der Waals surface area contributed by atoms with E-state index < -0.39 is 0 Å². The van der Waals surface area contributed by atoms with Crippen molar-refractivity contribution in [1.29, 1.82) is 0 Å². The first-order valence-corrected chi connectivity index (χ1v) is 7.97. The molecule has 1 aromatic heterocycles. The van der Waals surface area contributed by atoms with E-state index in [1.165, 1.54) is 11.8 Å². The van der Waals surface area contributed by atoms with Crippen molar-refractivity contribution in [2.75, 3.05) is 17.2 Å². The zero-order valence-electron chi connectivity index (χ0n) is 12.3. The summed E-state index contributed by atoms with van der Waals surface area (Å²) in [6.07, 6.45) is 3.33. The Morgan fingerprint density at radius 3 is 2.95 bits per heavy atom. The lowest BCUT2D eigenvalue weighted by molar-refractivity contribution is -0.117. The second-order valence-corrected chi connectivity index (χ2v) is 6.45. The van der Waals surface area contributed by atoms with Crippen LogP contribution in [0.15, 0.2) is 6.20 Å². The Morgan fingerprint density at radius 2 is 2.30 bits per heavy atom. The fourth-order valence-corrected chi connectivity index (χ4v) is 3.23. The minimum absolute atomic E-state index is 0.114. The lowest BCUT2D eigenvalue weighted by Crippen LogP contribution is -2.28. The van der Waals surface area contributed by atoms with Crippen LogP contribution < -0.4 is 4.90 Å². The molecule has 0 spiro atoms. The Morgan fingerprint density at radius 1 is 1.55 bits per heavy atom. The zero-order valence-corrected chi connectivity index (χ0v) is 13.1. The number of rotatable bonds is 5. The molecule has 0 radical (unpaired) electrons. The summed E-state index contributed by atoms with van der Waals surface area (Å²) in [5.74, 6) is 2.03. The SMILES string of the molecule is CCCn1ncc(C)c1N1CC(CSC(C)=O)CC1=O. The smallest absolute Gasteiger partial charge is 0.228 e. The number of amides is 1. The topological polar surface area (TPSA) is 55.2 Å². The van der Waals surface area contributed by atoms with Crippen molar-refractivity contribution in [3.63, 3.8) is 0 Å². The van der Waals surface area contributed by atoms with Crippen molar-refractivity contribution >= 4 is 28.6 Å². The van der Waals surface area contributed by atoms with Gasteiger partial charge >= 0.3 is 0 Å². The number of carbonyl (C=O) groups excluding carboxylic acids is 2. The molecule has 1 amide bonds. The number of aromatic nitrogens is 2. The van der Waals surface area contributed by atoms with Crippen molar-refractivity contribution < 1.29 is 9.59 Å². The molecule has 6 heteroatoms. The second-order valence-electron chi connectivity index (χ2n) is 5.25. The lowest BCUT2D eigenvalue weighted by Gasteiger charge is -2.19. The van der Waals surface area contributed by atoms with Gasteiger partial charge in [0.25, 0.3) is 0 Å². The van der Waals surface area contributed by atoms with Crippen molar-refractivity contribution in [2.45, 2.75) is 40.2 Å². The Kier molecular flexibility index (Phi) is 4.86. The summed E-state index contributed by atoms with van der Waals surface area (Å²) >= 11 is 1.31. The van der Waals surface area contributed by atoms with E-state index >= 15 is 0 Å². The van der Waals surface area contributed by atoms with E-state index in [0.717, 1.165) is 30.1 Å². The fraction of sp³-hybridized carbons (Fsp3) is 0.643. The van der Waals surface area contributed by atoms with Crippen molar-refractivity contribution in [1.82, 2.24) is 9.78 Å². The molecule has 5 nitrogen and oxygen atoms in total. The van der Waals surface area contributed by atoms with E-state index in [-0.39, 0.29) is 16.9 Å². The van der Waals surface area contributed by atoms with Crippen LogP contribution in [-0.2, 0) is 16.1 Å². The molecule has 0 saturated carbocycles. The van der Waals surface area contributed by atoms with Crippen LogP contribution in [0.5, 0.6) is 0 Å². The van der Waals surface area contributed by atoms with Gasteiger partial charge in [-0.25, -0.2) is 4.68 Å². The van der Waals surface area contributed by atoms with Crippen LogP contribution in [0.4, 0.5) is 5.82 Å².